The number of hydrogen-bond donors (Lipinski definition) is 1. The summed E-state index contributed by atoms with van der Waals surface area (Å²) < 4.78 is 32.4. The molecule has 1 aromatic heterocycles. The van der Waals surface area contributed by atoms with Crippen LogP contribution in [0, 0.1) is 0 Å². The molecule has 3 aromatic rings. The maximum absolute atomic E-state index is 12.8. The van der Waals surface area contributed by atoms with E-state index < -0.39 is 5.76 Å². The zero-order valence-corrected chi connectivity index (χ0v) is 14.8. The van der Waals surface area contributed by atoms with Crippen LogP contribution in [0.1, 0.15) is 5.56 Å². The van der Waals surface area contributed by atoms with Crippen molar-refractivity contribution in [3.8, 4) is 5.75 Å². The Labute approximate surface area is 153 Å². The van der Waals surface area contributed by atoms with Crippen molar-refractivity contribution in [2.75, 3.05) is 7.11 Å². The summed E-state index contributed by atoms with van der Waals surface area (Å²) in [4.78, 5) is 16.6. The maximum atomic E-state index is 12.8. The maximum Gasteiger partial charge on any atom is 0.291 e. The molecule has 0 fully saturated rings. The highest BCUT2D eigenvalue weighted by atomic mass is 32.2. The second-order valence-corrected chi connectivity index (χ2v) is 6.39. The van der Waals surface area contributed by atoms with E-state index in [1.54, 1.807) is 31.4 Å². The van der Waals surface area contributed by atoms with Crippen LogP contribution in [0.4, 0.5) is 8.78 Å². The largest absolute Gasteiger partial charge is 0.496 e. The number of rotatable bonds is 7. The molecule has 0 spiro atoms. The van der Waals surface area contributed by atoms with Crippen LogP contribution < -0.4 is 10.1 Å². The molecule has 1 heterocycles. The van der Waals surface area contributed by atoms with E-state index in [0.717, 1.165) is 5.56 Å². The molecule has 3 rings (SSSR count). The van der Waals surface area contributed by atoms with Crippen LogP contribution in [0.5, 0.6) is 5.75 Å². The summed E-state index contributed by atoms with van der Waals surface area (Å²) in [5, 5.41) is 2.91. The Bertz CT molecular complexity index is 914. The van der Waals surface area contributed by atoms with Gasteiger partial charge in [0.15, 0.2) is 5.16 Å². The molecule has 1 amide bonds. The molecule has 0 saturated heterocycles. The first-order chi connectivity index (χ1) is 12.6. The van der Waals surface area contributed by atoms with Crippen LogP contribution in [0.3, 0.4) is 0 Å². The minimum Gasteiger partial charge on any atom is -0.496 e. The molecular formula is C18H17F2N3O2S. The number of ether oxygens (including phenoxy) is 1. The topological polar surface area (TPSA) is 56.1 Å². The number of aromatic nitrogens is 2. The molecule has 0 aliphatic rings. The molecule has 1 N–H and O–H groups in total. The Morgan fingerprint density at radius 2 is 1.96 bits per heavy atom. The van der Waals surface area contributed by atoms with Gasteiger partial charge in [-0.05, 0) is 30.0 Å². The van der Waals surface area contributed by atoms with Crippen molar-refractivity contribution in [1.82, 2.24) is 14.9 Å². The highest BCUT2D eigenvalue weighted by Crippen LogP contribution is 2.28. The lowest BCUT2D eigenvalue weighted by Gasteiger charge is -2.11. The van der Waals surface area contributed by atoms with E-state index in [4.69, 9.17) is 4.74 Å². The molecule has 0 radical (unpaired) electrons. The summed E-state index contributed by atoms with van der Waals surface area (Å²) in [7, 11) is 1.56. The van der Waals surface area contributed by atoms with Gasteiger partial charge < -0.3 is 14.6 Å². The molecule has 0 atom stereocenters. The van der Waals surface area contributed by atoms with Gasteiger partial charge in [0, 0.05) is 12.1 Å². The Hall–Kier alpha value is -2.61. The number of carbonyl (C=O) groups excluding carboxylic acids is 1. The summed E-state index contributed by atoms with van der Waals surface area (Å²) in [5.41, 5.74) is 2.05. The fraction of sp³-hybridized carbons (Fsp3) is 0.222. The Balaban J connectivity index is 1.76. The minimum atomic E-state index is -2.61. The minimum absolute atomic E-state index is 0.0925. The molecule has 0 aliphatic carbocycles. The first-order valence-electron chi connectivity index (χ1n) is 7.87. The monoisotopic (exact) mass is 377 g/mol. The second kappa shape index (κ2) is 8.18. The fourth-order valence-electron chi connectivity index (χ4n) is 2.62. The fourth-order valence-corrected chi connectivity index (χ4v) is 3.22. The van der Waals surface area contributed by atoms with Gasteiger partial charge in [0.25, 0.3) is 5.76 Å². The van der Waals surface area contributed by atoms with Crippen LogP contribution in [-0.2, 0) is 17.9 Å². The number of thioether (sulfide) groups is 1. The van der Waals surface area contributed by atoms with Crippen LogP contribution in [0.15, 0.2) is 53.7 Å². The SMILES string of the molecule is COc1ccccc1CNC(=O)Cn1c(SC(F)F)nc2ccccc21. The average Bonchev–Trinajstić information content (AvgIpc) is 2.96. The molecule has 0 bridgehead atoms. The Morgan fingerprint density at radius 1 is 1.23 bits per heavy atom. The predicted molar refractivity (Wildman–Crippen MR) is 96.4 cm³/mol. The summed E-state index contributed by atoms with van der Waals surface area (Å²) >= 11 is 0.332. The van der Waals surface area contributed by atoms with E-state index >= 15 is 0 Å². The van der Waals surface area contributed by atoms with Gasteiger partial charge in [0.1, 0.15) is 12.3 Å². The second-order valence-electron chi connectivity index (χ2n) is 5.44. The van der Waals surface area contributed by atoms with Crippen molar-refractivity contribution in [2.24, 2.45) is 0 Å². The van der Waals surface area contributed by atoms with Gasteiger partial charge in [-0.15, -0.1) is 0 Å². The molecule has 0 unspecified atom stereocenters. The lowest BCUT2D eigenvalue weighted by atomic mass is 10.2. The van der Waals surface area contributed by atoms with Gasteiger partial charge >= 0.3 is 0 Å². The van der Waals surface area contributed by atoms with E-state index in [1.807, 2.05) is 24.3 Å². The molecule has 8 heteroatoms. The number of fused-ring (bicyclic) bond motifs is 1. The number of carbonyl (C=O) groups is 1. The summed E-state index contributed by atoms with van der Waals surface area (Å²) in [5.74, 6) is -2.23. The van der Waals surface area contributed by atoms with Crippen molar-refractivity contribution < 1.29 is 18.3 Å². The number of alkyl halides is 2. The molecule has 0 aliphatic heterocycles. The number of para-hydroxylation sites is 3. The van der Waals surface area contributed by atoms with Gasteiger partial charge in [-0.1, -0.05) is 30.3 Å². The van der Waals surface area contributed by atoms with E-state index in [1.165, 1.54) is 4.57 Å². The number of hydrogen-bond acceptors (Lipinski definition) is 4. The summed E-state index contributed by atoms with van der Waals surface area (Å²) in [6.45, 7) is 0.192. The summed E-state index contributed by atoms with van der Waals surface area (Å²) in [6.07, 6.45) is 0. The van der Waals surface area contributed by atoms with Crippen molar-refractivity contribution in [2.45, 2.75) is 24.0 Å². The molecule has 2 aromatic carbocycles. The number of nitrogens with one attached hydrogen (secondary N) is 1. The van der Waals surface area contributed by atoms with E-state index in [0.29, 0.717) is 28.5 Å². The number of methoxy groups -OCH3 is 1. The van der Waals surface area contributed by atoms with Gasteiger partial charge in [-0.3, -0.25) is 4.79 Å². The van der Waals surface area contributed by atoms with Crippen LogP contribution in [0.25, 0.3) is 11.0 Å². The highest BCUT2D eigenvalue weighted by molar-refractivity contribution is 7.99. The number of halogens is 2. The van der Waals surface area contributed by atoms with Crippen LogP contribution in [0.2, 0.25) is 0 Å². The first kappa shape index (κ1) is 18.2. The van der Waals surface area contributed by atoms with Gasteiger partial charge in [0.05, 0.1) is 18.1 Å². The zero-order valence-electron chi connectivity index (χ0n) is 14.0. The quantitative estimate of drug-likeness (QED) is 0.638. The molecule has 136 valence electrons. The van der Waals surface area contributed by atoms with E-state index in [-0.39, 0.29) is 24.2 Å². The third-order valence-corrected chi connectivity index (χ3v) is 4.48. The smallest absolute Gasteiger partial charge is 0.291 e. The van der Waals surface area contributed by atoms with E-state index in [2.05, 4.69) is 10.3 Å². The van der Waals surface area contributed by atoms with Crippen molar-refractivity contribution in [3.63, 3.8) is 0 Å². The average molecular weight is 377 g/mol. The number of benzene rings is 2. The van der Waals surface area contributed by atoms with Crippen LogP contribution in [-0.4, -0.2) is 28.3 Å². The van der Waals surface area contributed by atoms with Crippen molar-refractivity contribution in [3.05, 3.63) is 54.1 Å². The van der Waals surface area contributed by atoms with E-state index in [9.17, 15) is 13.6 Å². The Kier molecular flexibility index (Phi) is 5.72. The van der Waals surface area contributed by atoms with Gasteiger partial charge in [-0.2, -0.15) is 8.78 Å². The number of nitrogens with zero attached hydrogens (tertiary/aromatic N) is 2. The molecule has 0 saturated carbocycles. The standard InChI is InChI=1S/C18H17F2N3O2S/c1-25-15-9-5-2-6-12(15)10-21-16(24)11-23-14-8-4-3-7-13(14)22-18(23)26-17(19)20/h2-9,17H,10-11H2,1H3,(H,21,24). The van der Waals surface area contributed by atoms with Crippen molar-refractivity contribution in [1.29, 1.82) is 0 Å². The van der Waals surface area contributed by atoms with Crippen LogP contribution >= 0.6 is 11.8 Å². The lowest BCUT2D eigenvalue weighted by molar-refractivity contribution is -0.121. The molecule has 26 heavy (non-hydrogen) atoms. The van der Waals surface area contributed by atoms with Gasteiger partial charge in [0.2, 0.25) is 5.91 Å². The molecule has 5 nitrogen and oxygen atoms in total. The highest BCUT2D eigenvalue weighted by Gasteiger charge is 2.17. The third kappa shape index (κ3) is 4.13. The van der Waals surface area contributed by atoms with Crippen molar-refractivity contribution >= 4 is 28.7 Å². The first-order valence-corrected chi connectivity index (χ1v) is 8.75. The molecular weight excluding hydrogens is 360 g/mol. The number of imidazole rings is 1. The van der Waals surface area contributed by atoms with Gasteiger partial charge in [-0.25, -0.2) is 4.98 Å². The zero-order chi connectivity index (χ0) is 18.5. The normalized spacial score (nSPS) is 11.1. The third-order valence-electron chi connectivity index (χ3n) is 3.78. The lowest BCUT2D eigenvalue weighted by Crippen LogP contribution is -2.27. The number of amides is 1. The summed E-state index contributed by atoms with van der Waals surface area (Å²) in [6, 6.07) is 14.4. The predicted octanol–water partition coefficient (Wildman–Crippen LogP) is 3.68. The Morgan fingerprint density at radius 3 is 2.73 bits per heavy atom.